The van der Waals surface area contributed by atoms with E-state index in [9.17, 15) is 9.59 Å². The lowest BCUT2D eigenvalue weighted by Gasteiger charge is -2.30. The number of imide groups is 1. The zero-order valence-electron chi connectivity index (χ0n) is 15.5. The van der Waals surface area contributed by atoms with Gasteiger partial charge in [-0.25, -0.2) is 4.79 Å². The molecule has 1 aliphatic rings. The van der Waals surface area contributed by atoms with Crippen LogP contribution in [0, 0.1) is 0 Å². The number of nitrogens with one attached hydrogen (secondary N) is 1. The summed E-state index contributed by atoms with van der Waals surface area (Å²) >= 11 is 3.63. The number of benzene rings is 1. The zero-order chi connectivity index (χ0) is 18.6. The number of amides is 3. The molecule has 0 radical (unpaired) electrons. The molecule has 5 nitrogen and oxygen atoms in total. The molecule has 0 spiro atoms. The minimum Gasteiger partial charge on any atom is -0.324 e. The molecule has 1 saturated heterocycles. The molecule has 1 N–H and O–H groups in total. The van der Waals surface area contributed by atoms with Crippen LogP contribution in [0.3, 0.4) is 0 Å². The fraction of sp³-hybridized carbons (Fsp3) is 0.579. The van der Waals surface area contributed by atoms with Crippen molar-refractivity contribution in [1.82, 2.24) is 15.1 Å². The van der Waals surface area contributed by atoms with Crippen molar-refractivity contribution >= 4 is 27.9 Å². The minimum atomic E-state index is -0.789. The Kier molecular flexibility index (Phi) is 6.63. The van der Waals surface area contributed by atoms with Crippen molar-refractivity contribution in [2.75, 3.05) is 19.6 Å². The Morgan fingerprint density at radius 3 is 2.48 bits per heavy atom. The maximum Gasteiger partial charge on any atom is 0.325 e. The van der Waals surface area contributed by atoms with Gasteiger partial charge in [0, 0.05) is 23.6 Å². The van der Waals surface area contributed by atoms with Gasteiger partial charge in [0.1, 0.15) is 5.54 Å². The Morgan fingerprint density at radius 1 is 1.24 bits per heavy atom. The van der Waals surface area contributed by atoms with Gasteiger partial charge >= 0.3 is 6.03 Å². The lowest BCUT2D eigenvalue weighted by molar-refractivity contribution is -0.130. The highest BCUT2D eigenvalue weighted by Gasteiger charge is 2.43. The van der Waals surface area contributed by atoms with Crippen LogP contribution in [0.15, 0.2) is 28.7 Å². The third kappa shape index (κ3) is 4.61. The van der Waals surface area contributed by atoms with E-state index in [1.165, 1.54) is 10.5 Å². The SMILES string of the molecule is CCCN(CCCN1C(=O)NC(C)(C)C1=O)C(C)c1ccccc1Br. The lowest BCUT2D eigenvalue weighted by atomic mass is 10.1. The van der Waals surface area contributed by atoms with Crippen LogP contribution in [-0.2, 0) is 4.79 Å². The number of nitrogens with zero attached hydrogens (tertiary/aromatic N) is 2. The van der Waals surface area contributed by atoms with E-state index in [1.807, 2.05) is 6.07 Å². The van der Waals surface area contributed by atoms with Gasteiger partial charge in [-0.15, -0.1) is 0 Å². The smallest absolute Gasteiger partial charge is 0.324 e. The maximum atomic E-state index is 12.3. The van der Waals surface area contributed by atoms with Crippen molar-refractivity contribution in [3.63, 3.8) is 0 Å². The van der Waals surface area contributed by atoms with Gasteiger partial charge in [0.2, 0.25) is 0 Å². The van der Waals surface area contributed by atoms with Crippen LogP contribution in [-0.4, -0.2) is 46.9 Å². The second-order valence-corrected chi connectivity index (χ2v) is 7.95. The molecular weight excluding hydrogens is 382 g/mol. The van der Waals surface area contributed by atoms with Crippen LogP contribution < -0.4 is 5.32 Å². The highest BCUT2D eigenvalue weighted by Crippen LogP contribution is 2.28. The molecule has 1 aromatic rings. The Balaban J connectivity index is 1.97. The monoisotopic (exact) mass is 409 g/mol. The topological polar surface area (TPSA) is 52.6 Å². The average molecular weight is 410 g/mol. The Hall–Kier alpha value is -1.40. The lowest BCUT2D eigenvalue weighted by Crippen LogP contribution is -2.40. The summed E-state index contributed by atoms with van der Waals surface area (Å²) in [5.74, 6) is -0.140. The molecule has 0 aliphatic carbocycles. The minimum absolute atomic E-state index is 0.140. The van der Waals surface area contributed by atoms with E-state index in [-0.39, 0.29) is 18.0 Å². The number of carbonyl (C=O) groups is 2. The van der Waals surface area contributed by atoms with Crippen LogP contribution in [0.5, 0.6) is 0 Å². The van der Waals surface area contributed by atoms with Gasteiger partial charge in [0.25, 0.3) is 5.91 Å². The van der Waals surface area contributed by atoms with Crippen molar-refractivity contribution in [3.05, 3.63) is 34.3 Å². The summed E-state index contributed by atoms with van der Waals surface area (Å²) < 4.78 is 1.11. The fourth-order valence-corrected chi connectivity index (χ4v) is 3.87. The highest BCUT2D eigenvalue weighted by atomic mass is 79.9. The summed E-state index contributed by atoms with van der Waals surface area (Å²) in [4.78, 5) is 28.0. The van der Waals surface area contributed by atoms with Gasteiger partial charge in [-0.1, -0.05) is 41.1 Å². The first-order valence-corrected chi connectivity index (χ1v) is 9.69. The van der Waals surface area contributed by atoms with Gasteiger partial charge in [-0.3, -0.25) is 14.6 Å². The number of rotatable bonds is 8. The van der Waals surface area contributed by atoms with Crippen molar-refractivity contribution < 1.29 is 9.59 Å². The Labute approximate surface area is 158 Å². The maximum absolute atomic E-state index is 12.3. The summed E-state index contributed by atoms with van der Waals surface area (Å²) in [6.07, 6.45) is 1.83. The van der Waals surface area contributed by atoms with Crippen LogP contribution in [0.1, 0.15) is 52.1 Å². The highest BCUT2D eigenvalue weighted by molar-refractivity contribution is 9.10. The third-order valence-electron chi connectivity index (χ3n) is 4.69. The van der Waals surface area contributed by atoms with Gasteiger partial charge in [0.15, 0.2) is 0 Å². The van der Waals surface area contributed by atoms with Gasteiger partial charge in [-0.2, -0.15) is 0 Å². The summed E-state index contributed by atoms with van der Waals surface area (Å²) in [7, 11) is 0. The second kappa shape index (κ2) is 8.32. The second-order valence-electron chi connectivity index (χ2n) is 7.10. The Morgan fingerprint density at radius 2 is 1.92 bits per heavy atom. The molecule has 25 heavy (non-hydrogen) atoms. The first kappa shape index (κ1) is 19.9. The Bertz CT molecular complexity index is 633. The molecule has 2 rings (SSSR count). The number of hydrogen-bond donors (Lipinski definition) is 1. The number of urea groups is 1. The van der Waals surface area contributed by atoms with Crippen molar-refractivity contribution in [1.29, 1.82) is 0 Å². The molecule has 0 saturated carbocycles. The average Bonchev–Trinajstić information content (AvgIpc) is 2.75. The number of hydrogen-bond acceptors (Lipinski definition) is 3. The fourth-order valence-electron chi connectivity index (χ4n) is 3.25. The van der Waals surface area contributed by atoms with E-state index >= 15 is 0 Å². The molecule has 1 fully saturated rings. The third-order valence-corrected chi connectivity index (χ3v) is 5.41. The first-order chi connectivity index (χ1) is 11.8. The molecule has 138 valence electrons. The quantitative estimate of drug-likeness (QED) is 0.661. The molecule has 1 unspecified atom stereocenters. The van der Waals surface area contributed by atoms with Crippen molar-refractivity contribution in [2.24, 2.45) is 0 Å². The molecular formula is C19H28BrN3O2. The van der Waals surface area contributed by atoms with E-state index in [1.54, 1.807) is 13.8 Å². The van der Waals surface area contributed by atoms with E-state index in [2.05, 4.69) is 58.2 Å². The van der Waals surface area contributed by atoms with Crippen LogP contribution in [0.2, 0.25) is 0 Å². The van der Waals surface area contributed by atoms with Crippen molar-refractivity contribution in [2.45, 2.75) is 52.1 Å². The predicted octanol–water partition coefficient (Wildman–Crippen LogP) is 3.94. The van der Waals surface area contributed by atoms with Crippen LogP contribution >= 0.6 is 15.9 Å². The van der Waals surface area contributed by atoms with Crippen molar-refractivity contribution in [3.8, 4) is 0 Å². The molecule has 1 atom stereocenters. The molecule has 6 heteroatoms. The molecule has 1 aromatic carbocycles. The molecule has 3 amide bonds. The van der Waals surface area contributed by atoms with Crippen LogP contribution in [0.25, 0.3) is 0 Å². The number of carbonyl (C=O) groups excluding carboxylic acids is 2. The zero-order valence-corrected chi connectivity index (χ0v) is 17.1. The molecule has 0 aromatic heterocycles. The first-order valence-electron chi connectivity index (χ1n) is 8.90. The van der Waals surface area contributed by atoms with E-state index in [0.29, 0.717) is 6.54 Å². The van der Waals surface area contributed by atoms with E-state index in [0.717, 1.165) is 30.4 Å². The normalized spacial score (nSPS) is 17.9. The van der Waals surface area contributed by atoms with Crippen LogP contribution in [0.4, 0.5) is 4.79 Å². The summed E-state index contributed by atoms with van der Waals surface area (Å²) in [5.41, 5.74) is 0.467. The van der Waals surface area contributed by atoms with E-state index in [4.69, 9.17) is 0 Å². The summed E-state index contributed by atoms with van der Waals surface area (Å²) in [5, 5.41) is 2.73. The number of halogens is 1. The standard InChI is InChI=1S/C19H28BrN3O2/c1-5-11-22(14(2)15-9-6-7-10-16(15)20)12-8-13-23-17(24)19(3,4)21-18(23)25/h6-7,9-10,14H,5,8,11-13H2,1-4H3,(H,21,25). The largest absolute Gasteiger partial charge is 0.325 e. The van der Waals surface area contributed by atoms with Gasteiger partial charge < -0.3 is 5.32 Å². The van der Waals surface area contributed by atoms with Gasteiger partial charge in [0.05, 0.1) is 0 Å². The molecule has 0 bridgehead atoms. The summed E-state index contributed by atoms with van der Waals surface area (Å²) in [6, 6.07) is 8.26. The van der Waals surface area contributed by atoms with Gasteiger partial charge in [-0.05, 0) is 51.8 Å². The van der Waals surface area contributed by atoms with E-state index < -0.39 is 5.54 Å². The molecule has 1 aliphatic heterocycles. The summed E-state index contributed by atoms with van der Waals surface area (Å²) in [6.45, 7) is 10.1. The predicted molar refractivity (Wildman–Crippen MR) is 103 cm³/mol. The molecule has 1 heterocycles.